The van der Waals surface area contributed by atoms with E-state index in [2.05, 4.69) is 187 Å². The number of hydrogen-bond acceptors (Lipinski definition) is 2. The first-order chi connectivity index (χ1) is 28.2. The Balaban J connectivity index is 1.15. The average Bonchev–Trinajstić information content (AvgIpc) is 3.60. The summed E-state index contributed by atoms with van der Waals surface area (Å²) >= 11 is 0. The van der Waals surface area contributed by atoms with E-state index in [9.17, 15) is 0 Å². The van der Waals surface area contributed by atoms with E-state index in [0.717, 1.165) is 55.9 Å². The number of hydrogen-bond donors (Lipinski definition) is 0. The van der Waals surface area contributed by atoms with Crippen LogP contribution in [0, 0.1) is 6.57 Å². The predicted molar refractivity (Wildman–Crippen MR) is 233 cm³/mol. The molecule has 0 aliphatic heterocycles. The summed E-state index contributed by atoms with van der Waals surface area (Å²) in [6, 6.07) is 74.4. The molecule has 0 radical (unpaired) electrons. The highest BCUT2D eigenvalue weighted by molar-refractivity contribution is 5.96. The lowest BCUT2D eigenvalue weighted by Crippen LogP contribution is -2.28. The van der Waals surface area contributed by atoms with E-state index >= 15 is 0 Å². The molecule has 0 spiro atoms. The number of nitrogens with zero attached hydrogens (tertiary/aromatic N) is 3. The van der Waals surface area contributed by atoms with Gasteiger partial charge in [-0.1, -0.05) is 200 Å². The van der Waals surface area contributed by atoms with Crippen LogP contribution in [0.5, 0.6) is 0 Å². The molecule has 0 saturated heterocycles. The zero-order chi connectivity index (χ0) is 38.2. The molecule has 0 fully saturated rings. The second kappa shape index (κ2) is 14.2. The van der Waals surface area contributed by atoms with Crippen LogP contribution in [0.1, 0.15) is 22.3 Å². The van der Waals surface area contributed by atoms with Gasteiger partial charge in [0.1, 0.15) is 0 Å². The molecule has 0 amide bonds. The molecule has 0 bridgehead atoms. The summed E-state index contributed by atoms with van der Waals surface area (Å²) < 4.78 is 0. The zero-order valence-corrected chi connectivity index (χ0v) is 31.0. The normalized spacial score (nSPS) is 12.3. The maximum absolute atomic E-state index is 7.99. The van der Waals surface area contributed by atoms with Gasteiger partial charge in [-0.05, 0) is 67.8 Å². The van der Waals surface area contributed by atoms with Gasteiger partial charge in [-0.25, -0.2) is 14.8 Å². The van der Waals surface area contributed by atoms with Crippen molar-refractivity contribution in [2.75, 3.05) is 0 Å². The summed E-state index contributed by atoms with van der Waals surface area (Å²) in [7, 11) is 0. The van der Waals surface area contributed by atoms with Gasteiger partial charge in [0.05, 0.1) is 23.4 Å². The molecule has 1 aliphatic carbocycles. The number of benzene rings is 8. The second-order valence-corrected chi connectivity index (χ2v) is 14.4. The fourth-order valence-electron chi connectivity index (χ4n) is 8.61. The van der Waals surface area contributed by atoms with E-state index in [1.54, 1.807) is 0 Å². The lowest BCUT2D eigenvalue weighted by molar-refractivity contribution is 0.769. The van der Waals surface area contributed by atoms with E-state index < -0.39 is 5.41 Å². The summed E-state index contributed by atoms with van der Waals surface area (Å²) in [5, 5.41) is 0. The molecule has 3 nitrogen and oxygen atoms in total. The first-order valence-corrected chi connectivity index (χ1v) is 19.2. The maximum Gasteiger partial charge on any atom is 0.187 e. The summed E-state index contributed by atoms with van der Waals surface area (Å²) in [6.45, 7) is 7.99. The smallest absolute Gasteiger partial charge is 0.187 e. The molecular weight excluding hydrogens is 691 g/mol. The molecule has 0 unspecified atom stereocenters. The molecule has 9 aromatic rings. The summed E-state index contributed by atoms with van der Waals surface area (Å²) in [6.07, 6.45) is 0. The largest absolute Gasteiger partial charge is 0.238 e. The number of aromatic nitrogens is 2. The van der Waals surface area contributed by atoms with Gasteiger partial charge in [0.15, 0.2) is 11.5 Å². The minimum atomic E-state index is -0.612. The van der Waals surface area contributed by atoms with Gasteiger partial charge in [-0.15, -0.1) is 0 Å². The van der Waals surface area contributed by atoms with Crippen LogP contribution in [0.15, 0.2) is 212 Å². The summed E-state index contributed by atoms with van der Waals surface area (Å²) in [5.74, 6) is 0.665. The van der Waals surface area contributed by atoms with Gasteiger partial charge in [0.2, 0.25) is 0 Å². The minimum absolute atomic E-state index is 0.612. The molecule has 1 aliphatic rings. The monoisotopic (exact) mass is 725 g/mol. The molecule has 0 saturated carbocycles. The number of fused-ring (bicyclic) bond motifs is 3. The highest BCUT2D eigenvalue weighted by Crippen LogP contribution is 2.59. The number of rotatable bonds is 7. The first-order valence-electron chi connectivity index (χ1n) is 19.2. The van der Waals surface area contributed by atoms with Crippen LogP contribution in [0.25, 0.3) is 72.1 Å². The third-order valence-corrected chi connectivity index (χ3v) is 11.2. The topological polar surface area (TPSA) is 30.1 Å². The fraction of sp³-hybridized carbons (Fsp3) is 0.0185. The molecule has 10 rings (SSSR count). The summed E-state index contributed by atoms with van der Waals surface area (Å²) in [4.78, 5) is 14.3. The Morgan fingerprint density at radius 1 is 0.368 bits per heavy atom. The van der Waals surface area contributed by atoms with E-state index in [1.807, 2.05) is 30.3 Å². The van der Waals surface area contributed by atoms with Crippen molar-refractivity contribution in [1.29, 1.82) is 0 Å². The van der Waals surface area contributed by atoms with Crippen LogP contribution in [0.4, 0.5) is 5.69 Å². The Hall–Kier alpha value is -7.67. The molecule has 0 N–H and O–H groups in total. The van der Waals surface area contributed by atoms with Gasteiger partial charge < -0.3 is 0 Å². The fourth-order valence-corrected chi connectivity index (χ4v) is 8.61. The van der Waals surface area contributed by atoms with Crippen molar-refractivity contribution >= 4 is 5.69 Å². The van der Waals surface area contributed by atoms with Gasteiger partial charge in [0.25, 0.3) is 0 Å². The lowest BCUT2D eigenvalue weighted by Gasteiger charge is -2.34. The summed E-state index contributed by atoms with van der Waals surface area (Å²) in [5.41, 5.74) is 16.2. The highest BCUT2D eigenvalue weighted by atomic mass is 14.9. The maximum atomic E-state index is 7.99. The van der Waals surface area contributed by atoms with Gasteiger partial charge in [-0.2, -0.15) is 0 Å². The molecule has 266 valence electrons. The van der Waals surface area contributed by atoms with E-state index in [-0.39, 0.29) is 0 Å². The van der Waals surface area contributed by atoms with Crippen molar-refractivity contribution in [3.8, 4) is 67.3 Å². The Morgan fingerprint density at radius 3 is 1.51 bits per heavy atom. The average molecular weight is 726 g/mol. The highest BCUT2D eigenvalue weighted by Gasteiger charge is 2.46. The Kier molecular flexibility index (Phi) is 8.43. The molecule has 1 heterocycles. The van der Waals surface area contributed by atoms with Gasteiger partial charge in [0, 0.05) is 16.7 Å². The standard InChI is InChI=1S/C54H35N3/c1-55-45-32-33-47-49(35-45)54(43-22-10-4-11-23-43,44-24-12-5-13-25-44)48-27-15-26-46(52(47)48)41-20-14-21-42(34-41)53-56-50(39-18-8-3-9-19-39)36-51(57-53)40-30-28-38(29-31-40)37-16-6-2-7-17-37/h2-36H. The van der Waals surface area contributed by atoms with Crippen LogP contribution in [-0.4, -0.2) is 9.97 Å². The van der Waals surface area contributed by atoms with Crippen molar-refractivity contribution in [3.05, 3.63) is 246 Å². The van der Waals surface area contributed by atoms with Crippen LogP contribution >= 0.6 is 0 Å². The molecule has 3 heteroatoms. The van der Waals surface area contributed by atoms with E-state index in [0.29, 0.717) is 11.5 Å². The Labute approximate surface area is 333 Å². The van der Waals surface area contributed by atoms with Crippen LogP contribution in [-0.2, 0) is 5.41 Å². The lowest BCUT2D eigenvalue weighted by atomic mass is 9.67. The minimum Gasteiger partial charge on any atom is -0.238 e. The van der Waals surface area contributed by atoms with Crippen LogP contribution in [0.2, 0.25) is 0 Å². The molecule has 0 atom stereocenters. The predicted octanol–water partition coefficient (Wildman–Crippen LogP) is 13.7. The second-order valence-electron chi connectivity index (χ2n) is 14.4. The van der Waals surface area contributed by atoms with Crippen molar-refractivity contribution in [3.63, 3.8) is 0 Å². The van der Waals surface area contributed by atoms with E-state index in [1.165, 1.54) is 27.8 Å². The Bertz CT molecular complexity index is 2890. The first kappa shape index (κ1) is 33.9. The van der Waals surface area contributed by atoms with E-state index in [4.69, 9.17) is 16.5 Å². The SMILES string of the molecule is [C-]#[N+]c1ccc2c(c1)C(c1ccccc1)(c1ccccc1)c1cccc(-c3cccc(-c4nc(-c5ccccc5)cc(-c5ccc(-c6ccccc6)cc5)n4)c3)c1-2. The van der Waals surface area contributed by atoms with Crippen molar-refractivity contribution in [1.82, 2.24) is 9.97 Å². The van der Waals surface area contributed by atoms with Gasteiger partial charge >= 0.3 is 0 Å². The van der Waals surface area contributed by atoms with Crippen LogP contribution in [0.3, 0.4) is 0 Å². The molecular formula is C54H35N3. The quantitative estimate of drug-likeness (QED) is 0.153. The van der Waals surface area contributed by atoms with Gasteiger partial charge in [-0.3, -0.25) is 0 Å². The third-order valence-electron chi connectivity index (χ3n) is 11.2. The third kappa shape index (κ3) is 5.84. The van der Waals surface area contributed by atoms with Crippen molar-refractivity contribution in [2.24, 2.45) is 0 Å². The van der Waals surface area contributed by atoms with Crippen molar-refractivity contribution < 1.29 is 0 Å². The zero-order valence-electron chi connectivity index (χ0n) is 31.0. The Morgan fingerprint density at radius 2 is 0.877 bits per heavy atom. The molecule has 8 aromatic carbocycles. The van der Waals surface area contributed by atoms with Crippen molar-refractivity contribution in [2.45, 2.75) is 5.41 Å². The van der Waals surface area contributed by atoms with Crippen LogP contribution < -0.4 is 0 Å². The molecule has 57 heavy (non-hydrogen) atoms. The molecule has 1 aromatic heterocycles.